The van der Waals surface area contributed by atoms with Gasteiger partial charge in [-0.15, -0.1) is 0 Å². The van der Waals surface area contributed by atoms with Gasteiger partial charge >= 0.3 is 0 Å². The lowest BCUT2D eigenvalue weighted by Gasteiger charge is -2.22. The standard InChI is InChI=1S/C11H19N5O2/c1-15-10(8(4-12)5-14-15)11(18)16-3-2-13-6-9(17)7-16/h5,9,13,17H,2-4,6-7,12H2,1H3. The van der Waals surface area contributed by atoms with Crippen molar-refractivity contribution < 1.29 is 9.90 Å². The summed E-state index contributed by atoms with van der Waals surface area (Å²) >= 11 is 0. The van der Waals surface area contributed by atoms with E-state index < -0.39 is 6.10 Å². The number of rotatable bonds is 2. The number of amides is 1. The molecule has 1 aliphatic heterocycles. The molecule has 1 unspecified atom stereocenters. The Morgan fingerprint density at radius 3 is 3.22 bits per heavy atom. The average molecular weight is 253 g/mol. The van der Waals surface area contributed by atoms with Gasteiger partial charge < -0.3 is 21.1 Å². The summed E-state index contributed by atoms with van der Waals surface area (Å²) in [7, 11) is 1.72. The third-order valence-electron chi connectivity index (χ3n) is 3.09. The monoisotopic (exact) mass is 253 g/mol. The molecule has 0 aliphatic carbocycles. The van der Waals surface area contributed by atoms with E-state index in [-0.39, 0.29) is 12.5 Å². The molecule has 1 saturated heterocycles. The van der Waals surface area contributed by atoms with Crippen molar-refractivity contribution in [2.45, 2.75) is 12.6 Å². The molecule has 18 heavy (non-hydrogen) atoms. The van der Waals surface area contributed by atoms with Gasteiger partial charge in [-0.25, -0.2) is 0 Å². The molecule has 1 amide bonds. The van der Waals surface area contributed by atoms with Gasteiger partial charge in [0.1, 0.15) is 5.69 Å². The zero-order valence-corrected chi connectivity index (χ0v) is 10.5. The van der Waals surface area contributed by atoms with Crippen LogP contribution in [-0.4, -0.2) is 58.0 Å². The van der Waals surface area contributed by atoms with Gasteiger partial charge in [-0.05, 0) is 0 Å². The van der Waals surface area contributed by atoms with Gasteiger partial charge in [0.15, 0.2) is 0 Å². The number of hydrogen-bond donors (Lipinski definition) is 3. The summed E-state index contributed by atoms with van der Waals surface area (Å²) in [6.45, 7) is 2.38. The van der Waals surface area contributed by atoms with Crippen LogP contribution >= 0.6 is 0 Å². The van der Waals surface area contributed by atoms with E-state index in [1.807, 2.05) is 0 Å². The molecule has 7 nitrogen and oxygen atoms in total. The number of hydrogen-bond acceptors (Lipinski definition) is 5. The molecular weight excluding hydrogens is 234 g/mol. The van der Waals surface area contributed by atoms with Gasteiger partial charge in [-0.3, -0.25) is 9.48 Å². The first-order valence-corrected chi connectivity index (χ1v) is 6.02. The lowest BCUT2D eigenvalue weighted by Crippen LogP contribution is -2.39. The Hall–Kier alpha value is -1.44. The minimum atomic E-state index is -0.536. The van der Waals surface area contributed by atoms with E-state index in [1.165, 1.54) is 4.68 Å². The van der Waals surface area contributed by atoms with Crippen molar-refractivity contribution in [2.75, 3.05) is 26.2 Å². The van der Waals surface area contributed by atoms with E-state index in [4.69, 9.17) is 5.73 Å². The molecule has 1 aromatic rings. The number of β-amino-alcohol motifs (C(OH)–C–C–N with tert-alkyl or cyclic N) is 1. The molecule has 1 fully saturated rings. The van der Waals surface area contributed by atoms with Crippen LogP contribution < -0.4 is 11.1 Å². The van der Waals surface area contributed by atoms with Crippen molar-refractivity contribution in [3.63, 3.8) is 0 Å². The van der Waals surface area contributed by atoms with E-state index in [0.717, 1.165) is 5.56 Å². The van der Waals surface area contributed by atoms with Crippen molar-refractivity contribution >= 4 is 5.91 Å². The van der Waals surface area contributed by atoms with Crippen LogP contribution in [-0.2, 0) is 13.6 Å². The summed E-state index contributed by atoms with van der Waals surface area (Å²) in [4.78, 5) is 14.1. The SMILES string of the molecule is Cn1ncc(CN)c1C(=O)N1CCNCC(O)C1. The molecule has 100 valence electrons. The largest absolute Gasteiger partial charge is 0.390 e. The van der Waals surface area contributed by atoms with Crippen LogP contribution in [0.5, 0.6) is 0 Å². The van der Waals surface area contributed by atoms with E-state index in [9.17, 15) is 9.90 Å². The molecule has 0 aromatic carbocycles. The zero-order chi connectivity index (χ0) is 13.1. The van der Waals surface area contributed by atoms with Gasteiger partial charge in [-0.2, -0.15) is 5.10 Å². The Kier molecular flexibility index (Phi) is 3.95. The molecule has 4 N–H and O–H groups in total. The van der Waals surface area contributed by atoms with Crippen LogP contribution in [0.2, 0.25) is 0 Å². The second-order valence-electron chi connectivity index (χ2n) is 4.46. The molecule has 7 heteroatoms. The molecule has 2 rings (SSSR count). The molecule has 0 radical (unpaired) electrons. The van der Waals surface area contributed by atoms with Crippen molar-refractivity contribution in [1.82, 2.24) is 20.0 Å². The van der Waals surface area contributed by atoms with Gasteiger partial charge in [0, 0.05) is 45.3 Å². The van der Waals surface area contributed by atoms with Crippen LogP contribution in [0.3, 0.4) is 0 Å². The fraction of sp³-hybridized carbons (Fsp3) is 0.636. The predicted octanol–water partition coefficient (Wildman–Crippen LogP) is -1.71. The second-order valence-corrected chi connectivity index (χ2v) is 4.46. The fourth-order valence-electron chi connectivity index (χ4n) is 2.14. The van der Waals surface area contributed by atoms with Crippen LogP contribution in [0.4, 0.5) is 0 Å². The normalized spacial score (nSPS) is 20.8. The maximum atomic E-state index is 12.4. The highest BCUT2D eigenvalue weighted by Crippen LogP contribution is 2.11. The van der Waals surface area contributed by atoms with Gasteiger partial charge in [0.2, 0.25) is 0 Å². The van der Waals surface area contributed by atoms with Crippen molar-refractivity contribution in [3.05, 3.63) is 17.5 Å². The van der Waals surface area contributed by atoms with Gasteiger partial charge in [0.25, 0.3) is 5.91 Å². The summed E-state index contributed by atoms with van der Waals surface area (Å²) in [5.74, 6) is -0.127. The molecule has 0 spiro atoms. The Morgan fingerprint density at radius 2 is 2.50 bits per heavy atom. The number of nitrogens with zero attached hydrogens (tertiary/aromatic N) is 3. The molecular formula is C11H19N5O2. The molecule has 2 heterocycles. The number of carbonyl (C=O) groups is 1. The van der Waals surface area contributed by atoms with Gasteiger partial charge in [-0.1, -0.05) is 0 Å². The van der Waals surface area contributed by atoms with Crippen molar-refractivity contribution in [3.8, 4) is 0 Å². The highest BCUT2D eigenvalue weighted by molar-refractivity contribution is 5.94. The second kappa shape index (κ2) is 5.47. The van der Waals surface area contributed by atoms with E-state index in [0.29, 0.717) is 31.9 Å². The first-order chi connectivity index (χ1) is 8.63. The molecule has 1 aliphatic rings. The van der Waals surface area contributed by atoms with Crippen LogP contribution in [0, 0.1) is 0 Å². The van der Waals surface area contributed by atoms with Crippen molar-refractivity contribution in [1.29, 1.82) is 0 Å². The predicted molar refractivity (Wildman–Crippen MR) is 65.9 cm³/mol. The fourth-order valence-corrected chi connectivity index (χ4v) is 2.14. The summed E-state index contributed by atoms with van der Waals surface area (Å²) in [6.07, 6.45) is 1.07. The smallest absolute Gasteiger partial charge is 0.272 e. The maximum absolute atomic E-state index is 12.4. The molecule has 1 atom stereocenters. The third-order valence-corrected chi connectivity index (χ3v) is 3.09. The van der Waals surface area contributed by atoms with Crippen LogP contribution in [0.25, 0.3) is 0 Å². The minimum Gasteiger partial charge on any atom is -0.390 e. The van der Waals surface area contributed by atoms with Gasteiger partial charge in [0.05, 0.1) is 12.3 Å². The summed E-state index contributed by atoms with van der Waals surface area (Å²) in [5, 5.41) is 16.8. The maximum Gasteiger partial charge on any atom is 0.272 e. The molecule has 0 bridgehead atoms. The summed E-state index contributed by atoms with van der Waals surface area (Å²) < 4.78 is 1.54. The Bertz CT molecular complexity index is 431. The quantitative estimate of drug-likeness (QED) is 0.583. The number of aryl methyl sites for hydroxylation is 1. The molecule has 1 aromatic heterocycles. The first kappa shape index (κ1) is 13.0. The minimum absolute atomic E-state index is 0.127. The molecule has 0 saturated carbocycles. The number of nitrogens with two attached hydrogens (primary N) is 1. The lowest BCUT2D eigenvalue weighted by atomic mass is 10.2. The average Bonchev–Trinajstić information content (AvgIpc) is 2.58. The van der Waals surface area contributed by atoms with E-state index in [1.54, 1.807) is 18.1 Å². The summed E-state index contributed by atoms with van der Waals surface area (Å²) in [6, 6.07) is 0. The summed E-state index contributed by atoms with van der Waals surface area (Å²) in [5.41, 5.74) is 6.84. The first-order valence-electron chi connectivity index (χ1n) is 6.02. The third kappa shape index (κ3) is 2.53. The van der Waals surface area contributed by atoms with E-state index in [2.05, 4.69) is 10.4 Å². The van der Waals surface area contributed by atoms with E-state index >= 15 is 0 Å². The topological polar surface area (TPSA) is 96.4 Å². The number of aliphatic hydroxyl groups excluding tert-OH is 1. The number of aliphatic hydroxyl groups is 1. The Morgan fingerprint density at radius 1 is 1.72 bits per heavy atom. The number of nitrogens with one attached hydrogen (secondary N) is 1. The highest BCUT2D eigenvalue weighted by Gasteiger charge is 2.25. The highest BCUT2D eigenvalue weighted by atomic mass is 16.3. The van der Waals surface area contributed by atoms with Crippen molar-refractivity contribution in [2.24, 2.45) is 12.8 Å². The number of aromatic nitrogens is 2. The Labute approximate surface area is 106 Å². The Balaban J connectivity index is 2.21. The van der Waals surface area contributed by atoms with Crippen LogP contribution in [0.15, 0.2) is 6.20 Å². The lowest BCUT2D eigenvalue weighted by molar-refractivity contribution is 0.0661. The van der Waals surface area contributed by atoms with Crippen LogP contribution in [0.1, 0.15) is 16.1 Å². The number of carbonyl (C=O) groups excluding carboxylic acids is 1. The zero-order valence-electron chi connectivity index (χ0n) is 10.5.